The van der Waals surface area contributed by atoms with E-state index in [1.165, 1.54) is 0 Å². The first kappa shape index (κ1) is 15.7. The minimum absolute atomic E-state index is 0.00672. The fourth-order valence-electron chi connectivity index (χ4n) is 1.75. The molecular formula is C15H15BrN2O2S. The largest absolute Gasteiger partial charge is 0.343 e. The summed E-state index contributed by atoms with van der Waals surface area (Å²) in [5.41, 5.74) is 0.526. The lowest BCUT2D eigenvalue weighted by Gasteiger charge is -2.16. The smallest absolute Gasteiger partial charge is 0.251 e. The van der Waals surface area contributed by atoms with Crippen LogP contribution < -0.4 is 5.32 Å². The van der Waals surface area contributed by atoms with Gasteiger partial charge in [0.2, 0.25) is 5.91 Å². The molecule has 0 radical (unpaired) electrons. The highest BCUT2D eigenvalue weighted by Crippen LogP contribution is 2.12. The quantitative estimate of drug-likeness (QED) is 0.884. The van der Waals surface area contributed by atoms with Crippen molar-refractivity contribution in [3.05, 3.63) is 56.7 Å². The molecule has 0 aliphatic rings. The zero-order chi connectivity index (χ0) is 15.2. The van der Waals surface area contributed by atoms with Crippen LogP contribution in [0.5, 0.6) is 0 Å². The molecule has 1 aromatic carbocycles. The number of rotatable bonds is 5. The molecule has 2 amide bonds. The number of carbonyl (C=O) groups excluding carboxylic acids is 2. The molecule has 0 aliphatic carbocycles. The summed E-state index contributed by atoms with van der Waals surface area (Å²) in [5, 5.41) is 4.61. The molecule has 0 atom stereocenters. The normalized spacial score (nSPS) is 10.2. The van der Waals surface area contributed by atoms with E-state index in [2.05, 4.69) is 21.2 Å². The van der Waals surface area contributed by atoms with Gasteiger partial charge in [-0.25, -0.2) is 0 Å². The van der Waals surface area contributed by atoms with Gasteiger partial charge in [0.05, 0.1) is 13.1 Å². The first-order valence-electron chi connectivity index (χ1n) is 6.36. The molecule has 2 aromatic rings. The van der Waals surface area contributed by atoms with E-state index in [-0.39, 0.29) is 18.4 Å². The van der Waals surface area contributed by atoms with Crippen LogP contribution in [0.3, 0.4) is 0 Å². The third-order valence-corrected chi connectivity index (χ3v) is 4.24. The summed E-state index contributed by atoms with van der Waals surface area (Å²) < 4.78 is 0.830. The summed E-state index contributed by atoms with van der Waals surface area (Å²) in [6.07, 6.45) is 0. The van der Waals surface area contributed by atoms with Gasteiger partial charge in [-0.2, -0.15) is 0 Å². The number of nitrogens with one attached hydrogen (secondary N) is 1. The Morgan fingerprint density at radius 2 is 2.10 bits per heavy atom. The molecule has 2 rings (SSSR count). The molecule has 0 fully saturated rings. The maximum absolute atomic E-state index is 12.0. The van der Waals surface area contributed by atoms with E-state index in [4.69, 9.17) is 0 Å². The Morgan fingerprint density at radius 3 is 2.76 bits per heavy atom. The first-order chi connectivity index (χ1) is 10.1. The number of benzene rings is 1. The van der Waals surface area contributed by atoms with Gasteiger partial charge < -0.3 is 10.2 Å². The van der Waals surface area contributed by atoms with E-state index in [0.29, 0.717) is 12.1 Å². The van der Waals surface area contributed by atoms with Gasteiger partial charge in [-0.3, -0.25) is 9.59 Å². The number of hydrogen-bond acceptors (Lipinski definition) is 3. The van der Waals surface area contributed by atoms with Crippen LogP contribution in [0.4, 0.5) is 0 Å². The number of likely N-dealkylation sites (N-methyl/N-ethyl adjacent to an activating group) is 1. The van der Waals surface area contributed by atoms with Crippen molar-refractivity contribution in [3.63, 3.8) is 0 Å². The Hall–Kier alpha value is -1.66. The first-order valence-corrected chi connectivity index (χ1v) is 8.03. The molecule has 1 N–H and O–H groups in total. The molecule has 0 spiro atoms. The fraction of sp³-hybridized carbons (Fsp3) is 0.200. The molecule has 0 saturated carbocycles. The molecule has 0 unspecified atom stereocenters. The predicted octanol–water partition coefficient (Wildman–Crippen LogP) is 2.90. The lowest BCUT2D eigenvalue weighted by atomic mass is 10.2. The lowest BCUT2D eigenvalue weighted by molar-refractivity contribution is -0.129. The molecule has 1 heterocycles. The standard InChI is InChI=1S/C15H15BrN2O2S/c1-18(10-13-6-3-7-21-13)14(19)9-17-15(20)11-4-2-5-12(16)8-11/h2-8H,9-10H2,1H3,(H,17,20). The summed E-state index contributed by atoms with van der Waals surface area (Å²) in [7, 11) is 1.73. The molecule has 21 heavy (non-hydrogen) atoms. The lowest BCUT2D eigenvalue weighted by Crippen LogP contribution is -2.37. The maximum Gasteiger partial charge on any atom is 0.251 e. The average molecular weight is 367 g/mol. The van der Waals surface area contributed by atoms with Crippen molar-refractivity contribution >= 4 is 39.1 Å². The van der Waals surface area contributed by atoms with Gasteiger partial charge in [0, 0.05) is 22.0 Å². The van der Waals surface area contributed by atoms with Crippen LogP contribution in [-0.4, -0.2) is 30.3 Å². The van der Waals surface area contributed by atoms with E-state index in [1.807, 2.05) is 23.6 Å². The summed E-state index contributed by atoms with van der Waals surface area (Å²) >= 11 is 4.92. The molecular weight excluding hydrogens is 352 g/mol. The Balaban J connectivity index is 1.84. The number of carbonyl (C=O) groups is 2. The molecule has 0 aliphatic heterocycles. The number of hydrogen-bond donors (Lipinski definition) is 1. The van der Waals surface area contributed by atoms with Crippen molar-refractivity contribution in [2.75, 3.05) is 13.6 Å². The van der Waals surface area contributed by atoms with Gasteiger partial charge in [0.1, 0.15) is 0 Å². The SMILES string of the molecule is CN(Cc1cccs1)C(=O)CNC(=O)c1cccc(Br)c1. The van der Waals surface area contributed by atoms with Gasteiger partial charge in [-0.05, 0) is 29.6 Å². The Morgan fingerprint density at radius 1 is 1.29 bits per heavy atom. The van der Waals surface area contributed by atoms with Crippen LogP contribution in [0.25, 0.3) is 0 Å². The molecule has 110 valence electrons. The van der Waals surface area contributed by atoms with Gasteiger partial charge in [-0.1, -0.05) is 28.1 Å². The van der Waals surface area contributed by atoms with Crippen molar-refractivity contribution in [1.29, 1.82) is 0 Å². The third kappa shape index (κ3) is 4.68. The third-order valence-electron chi connectivity index (χ3n) is 2.89. The molecule has 0 bridgehead atoms. The predicted molar refractivity (Wildman–Crippen MR) is 87.3 cm³/mol. The maximum atomic E-state index is 12.0. The van der Waals surface area contributed by atoms with Crippen molar-refractivity contribution in [3.8, 4) is 0 Å². The van der Waals surface area contributed by atoms with Crippen LogP contribution >= 0.6 is 27.3 Å². The van der Waals surface area contributed by atoms with Crippen LogP contribution in [0.15, 0.2) is 46.3 Å². The Bertz CT molecular complexity index is 628. The fourth-order valence-corrected chi connectivity index (χ4v) is 2.90. The van der Waals surface area contributed by atoms with Crippen molar-refractivity contribution in [2.24, 2.45) is 0 Å². The van der Waals surface area contributed by atoms with Crippen LogP contribution in [0.1, 0.15) is 15.2 Å². The molecule has 6 heteroatoms. The zero-order valence-electron chi connectivity index (χ0n) is 11.5. The highest BCUT2D eigenvalue weighted by Gasteiger charge is 2.12. The van der Waals surface area contributed by atoms with Gasteiger partial charge in [0.15, 0.2) is 0 Å². The van der Waals surface area contributed by atoms with Gasteiger partial charge >= 0.3 is 0 Å². The second-order valence-corrected chi connectivity index (χ2v) is 6.47. The van der Waals surface area contributed by atoms with Gasteiger partial charge in [-0.15, -0.1) is 11.3 Å². The highest BCUT2D eigenvalue weighted by molar-refractivity contribution is 9.10. The Labute approximate surface area is 135 Å². The van der Waals surface area contributed by atoms with E-state index in [9.17, 15) is 9.59 Å². The van der Waals surface area contributed by atoms with Crippen molar-refractivity contribution in [1.82, 2.24) is 10.2 Å². The summed E-state index contributed by atoms with van der Waals surface area (Å²) in [4.78, 5) is 26.6. The molecule has 0 saturated heterocycles. The van der Waals surface area contributed by atoms with Crippen LogP contribution in [-0.2, 0) is 11.3 Å². The number of nitrogens with zero attached hydrogens (tertiary/aromatic N) is 1. The van der Waals surface area contributed by atoms with E-state index in [0.717, 1.165) is 9.35 Å². The summed E-state index contributed by atoms with van der Waals surface area (Å²) in [5.74, 6) is -0.374. The monoisotopic (exact) mass is 366 g/mol. The second kappa shape index (κ2) is 7.38. The van der Waals surface area contributed by atoms with Crippen LogP contribution in [0.2, 0.25) is 0 Å². The average Bonchev–Trinajstić information content (AvgIpc) is 2.97. The minimum Gasteiger partial charge on any atom is -0.343 e. The highest BCUT2D eigenvalue weighted by atomic mass is 79.9. The van der Waals surface area contributed by atoms with E-state index >= 15 is 0 Å². The van der Waals surface area contributed by atoms with Crippen molar-refractivity contribution < 1.29 is 9.59 Å². The summed E-state index contributed by atoms with van der Waals surface area (Å²) in [6.45, 7) is 0.552. The van der Waals surface area contributed by atoms with Gasteiger partial charge in [0.25, 0.3) is 5.91 Å². The Kier molecular flexibility index (Phi) is 5.52. The van der Waals surface area contributed by atoms with Crippen molar-refractivity contribution in [2.45, 2.75) is 6.54 Å². The van der Waals surface area contributed by atoms with E-state index in [1.54, 1.807) is 41.5 Å². The zero-order valence-corrected chi connectivity index (χ0v) is 13.9. The number of thiophene rings is 1. The second-order valence-electron chi connectivity index (χ2n) is 4.52. The minimum atomic E-state index is -0.255. The number of amides is 2. The summed E-state index contributed by atoms with van der Waals surface area (Å²) in [6, 6.07) is 11.0. The topological polar surface area (TPSA) is 49.4 Å². The molecule has 1 aromatic heterocycles. The van der Waals surface area contributed by atoms with Crippen LogP contribution in [0, 0.1) is 0 Å². The van der Waals surface area contributed by atoms with E-state index < -0.39 is 0 Å². The molecule has 4 nitrogen and oxygen atoms in total. The number of halogens is 1.